The summed E-state index contributed by atoms with van der Waals surface area (Å²) in [6.45, 7) is 14.2. The fraction of sp³-hybridized carbons (Fsp3) is 0.0662. The molecule has 0 spiro atoms. The molecule has 0 atom stereocenters. The van der Waals surface area contributed by atoms with Gasteiger partial charge in [-0.3, -0.25) is 13.7 Å². The highest BCUT2D eigenvalue weighted by Crippen LogP contribution is 2.59. The summed E-state index contributed by atoms with van der Waals surface area (Å²) in [7, 11) is 0. The van der Waals surface area contributed by atoms with Gasteiger partial charge in [0.2, 0.25) is 5.95 Å². The molecule has 0 bridgehead atoms. The second-order valence-corrected chi connectivity index (χ2v) is 40.4. The minimum absolute atomic E-state index is 0.118. The maximum Gasteiger partial charge on any atom is 0.235 e. The molecule has 0 N–H and O–H groups in total. The third kappa shape index (κ3) is 12.9. The minimum atomic E-state index is -0.130. The van der Waals surface area contributed by atoms with Crippen LogP contribution in [0, 0.1) is 0 Å². The van der Waals surface area contributed by atoms with Crippen LogP contribution in [0.2, 0.25) is 0 Å². The molecule has 0 amide bonds. The van der Waals surface area contributed by atoms with E-state index in [9.17, 15) is 0 Å². The molecule has 3 aliphatic rings. The summed E-state index contributed by atoms with van der Waals surface area (Å²) in [5.74, 6) is 3.14. The predicted molar refractivity (Wildman–Crippen MR) is 602 cm³/mol. The second-order valence-electron chi connectivity index (χ2n) is 40.4. The van der Waals surface area contributed by atoms with Crippen LogP contribution in [0.15, 0.2) is 461 Å². The molecule has 8 heteroatoms. The van der Waals surface area contributed by atoms with E-state index in [0.29, 0.717) is 11.8 Å². The van der Waals surface area contributed by atoms with Crippen molar-refractivity contribution in [3.8, 4) is 119 Å². The first kappa shape index (κ1) is 84.0. The first-order valence-electron chi connectivity index (χ1n) is 49.9. The van der Waals surface area contributed by atoms with Gasteiger partial charge in [-0.2, -0.15) is 0 Å². The van der Waals surface area contributed by atoms with Crippen LogP contribution in [0.5, 0.6) is 0 Å². The SMILES string of the molecule is CC1(C)c2ccccc2-c2c3c1cccc3cc1c2c2c3ccccc3ccc2n1-c1cc(-c2ccccc2)cc(-c2ccccc2)n1.CC1(C)c2ccccc2-c2c3c1cccc3cc1c2c2c3ccccc3ccc2n1-c1cc(-c2ccccc2)nc(-c2ccccc2)n1.CC1(C)c2ccccc2-c2c3c1cccc3cc1c2c2c3ccccc3ccc2n1-c1nc(-c2ccccc2)cc(-c2ccccc2)n1. The molecule has 30 rings (SSSR count). The zero-order valence-corrected chi connectivity index (χ0v) is 80.5. The highest BCUT2D eigenvalue weighted by Gasteiger charge is 2.40. The van der Waals surface area contributed by atoms with Crippen molar-refractivity contribution >= 4 is 130 Å². The van der Waals surface area contributed by atoms with Crippen LogP contribution in [-0.2, 0) is 16.2 Å². The van der Waals surface area contributed by atoms with E-state index in [2.05, 4.69) is 480 Å². The highest BCUT2D eigenvalue weighted by molar-refractivity contribution is 6.34. The van der Waals surface area contributed by atoms with Gasteiger partial charge in [0.05, 0.1) is 55.9 Å². The van der Waals surface area contributed by atoms with Crippen LogP contribution in [0.3, 0.4) is 0 Å². The Hall–Kier alpha value is -18.1. The van der Waals surface area contributed by atoms with E-state index in [0.717, 1.165) is 95.4 Å². The predicted octanol–water partition coefficient (Wildman–Crippen LogP) is 35.2. The van der Waals surface area contributed by atoms with Gasteiger partial charge in [-0.1, -0.05) is 442 Å². The molecular formula is C136H94N8. The van der Waals surface area contributed by atoms with Crippen LogP contribution < -0.4 is 0 Å². The number of nitrogens with zero attached hydrogens (tertiary/aromatic N) is 8. The number of aromatic nitrogens is 8. The molecule has 0 fully saturated rings. The zero-order valence-electron chi connectivity index (χ0n) is 80.5. The van der Waals surface area contributed by atoms with E-state index in [1.807, 2.05) is 36.4 Å². The van der Waals surface area contributed by atoms with Crippen molar-refractivity contribution < 1.29 is 0 Å². The van der Waals surface area contributed by atoms with E-state index in [4.69, 9.17) is 24.9 Å². The van der Waals surface area contributed by atoms with Gasteiger partial charge in [0, 0.05) is 99.1 Å². The van der Waals surface area contributed by atoms with Gasteiger partial charge in [0.1, 0.15) is 11.6 Å². The van der Waals surface area contributed by atoms with Crippen LogP contribution in [0.25, 0.3) is 249 Å². The first-order chi connectivity index (χ1) is 70.7. The Labute approximate surface area is 833 Å². The summed E-state index contributed by atoms with van der Waals surface area (Å²) in [6.07, 6.45) is 0. The van der Waals surface area contributed by atoms with E-state index in [-0.39, 0.29) is 16.2 Å². The Morgan fingerprint density at radius 1 is 0.174 bits per heavy atom. The van der Waals surface area contributed by atoms with Crippen LogP contribution in [0.4, 0.5) is 0 Å². The lowest BCUT2D eigenvalue weighted by Crippen LogP contribution is -2.23. The number of fused-ring (bicyclic) bond motifs is 24. The summed E-state index contributed by atoms with van der Waals surface area (Å²) < 4.78 is 7.10. The number of hydrogen-bond donors (Lipinski definition) is 0. The number of pyridine rings is 1. The minimum Gasteiger partial charge on any atom is -0.294 e. The Kier molecular flexibility index (Phi) is 19.0. The average molecular weight is 1840 g/mol. The molecule has 3 aliphatic carbocycles. The average Bonchev–Trinajstić information content (AvgIpc) is 1.48. The Morgan fingerprint density at radius 2 is 0.465 bits per heavy atom. The maximum absolute atomic E-state index is 5.45. The van der Waals surface area contributed by atoms with Gasteiger partial charge in [-0.15, -0.1) is 0 Å². The van der Waals surface area contributed by atoms with E-state index in [1.165, 1.54) is 175 Å². The molecule has 678 valence electrons. The molecule has 6 heterocycles. The lowest BCUT2D eigenvalue weighted by Gasteiger charge is -2.35. The molecule has 6 aromatic heterocycles. The molecule has 144 heavy (non-hydrogen) atoms. The van der Waals surface area contributed by atoms with Crippen LogP contribution in [-0.4, -0.2) is 38.6 Å². The monoisotopic (exact) mass is 1840 g/mol. The smallest absolute Gasteiger partial charge is 0.235 e. The normalized spacial score (nSPS) is 13.4. The standard InChI is InChI=1S/C46H32N2.2C45H31N3/c1-46(2)36-22-12-11-21-35(36)44-42-32(19-13-23-37(42)46)27-40-45(44)43-34-20-10-9-16-30(34)24-25-39(43)48(40)41-28-33(29-14-5-3-6-15-29)26-38(47-41)31-17-7-4-8-18-31;1-45(2)34-22-12-11-21-33(34)42-40-31(19-13-23-35(40)45)26-39-43(42)41-32-20-10-9-14-28(32)24-25-38(41)48(39)44-46-36(29-15-5-3-6-16-29)27-37(47-44)30-17-7-4-8-18-30;1-45(2)34-22-12-11-21-33(34)42-40-31(19-13-23-35(40)45)26-38-43(42)41-32-20-10-9-14-28(32)24-25-37(41)48(38)39-27-36(29-15-5-3-6-16-29)46-44(47-39)30-17-7-4-8-18-30/h3-28H,1-2H3;2*3-27H,1-2H3. The van der Waals surface area contributed by atoms with Crippen LogP contribution in [0.1, 0.15) is 74.9 Å². The van der Waals surface area contributed by atoms with Gasteiger partial charge < -0.3 is 0 Å². The largest absolute Gasteiger partial charge is 0.294 e. The molecule has 8 nitrogen and oxygen atoms in total. The van der Waals surface area contributed by atoms with E-state index >= 15 is 0 Å². The highest BCUT2D eigenvalue weighted by atomic mass is 15.2. The van der Waals surface area contributed by atoms with Crippen molar-refractivity contribution in [1.29, 1.82) is 0 Å². The fourth-order valence-corrected chi connectivity index (χ4v) is 24.6. The fourth-order valence-electron chi connectivity index (χ4n) is 24.6. The van der Waals surface area contributed by atoms with Crippen LogP contribution >= 0.6 is 0 Å². The van der Waals surface area contributed by atoms with Gasteiger partial charge >= 0.3 is 0 Å². The molecular weight excluding hydrogens is 1750 g/mol. The molecule has 0 radical (unpaired) electrons. The quantitative estimate of drug-likeness (QED) is 0.144. The summed E-state index contributed by atoms with van der Waals surface area (Å²) in [4.78, 5) is 26.6. The van der Waals surface area contributed by atoms with Gasteiger partial charge in [-0.05, 0) is 180 Å². The molecule has 27 aromatic rings. The van der Waals surface area contributed by atoms with Crippen molar-refractivity contribution in [2.24, 2.45) is 0 Å². The zero-order chi connectivity index (χ0) is 96.0. The molecule has 0 saturated carbocycles. The molecule has 0 saturated heterocycles. The van der Waals surface area contributed by atoms with Crippen molar-refractivity contribution in [3.63, 3.8) is 0 Å². The second kappa shape index (κ2) is 32.5. The molecule has 21 aromatic carbocycles. The third-order valence-corrected chi connectivity index (χ3v) is 31.3. The first-order valence-corrected chi connectivity index (χ1v) is 49.9. The Bertz CT molecular complexity index is 8950. The van der Waals surface area contributed by atoms with Crippen molar-refractivity contribution in [1.82, 2.24) is 38.6 Å². The third-order valence-electron chi connectivity index (χ3n) is 31.3. The van der Waals surface area contributed by atoms with Gasteiger partial charge in [-0.25, -0.2) is 24.9 Å². The van der Waals surface area contributed by atoms with Crippen molar-refractivity contribution in [2.75, 3.05) is 0 Å². The van der Waals surface area contributed by atoms with E-state index in [1.54, 1.807) is 0 Å². The lowest BCUT2D eigenvalue weighted by molar-refractivity contribution is 0.645. The summed E-state index contributed by atoms with van der Waals surface area (Å²) in [6, 6.07) is 166. The van der Waals surface area contributed by atoms with E-state index < -0.39 is 0 Å². The molecule has 0 aliphatic heterocycles. The lowest BCUT2D eigenvalue weighted by atomic mass is 9.68. The number of hydrogen-bond acceptors (Lipinski definition) is 5. The topological polar surface area (TPSA) is 79.2 Å². The number of rotatable bonds is 9. The Balaban J connectivity index is 0.000000105. The maximum atomic E-state index is 5.45. The summed E-state index contributed by atoms with van der Waals surface area (Å²) in [5.41, 5.74) is 33.8. The van der Waals surface area contributed by atoms with Gasteiger partial charge in [0.15, 0.2) is 5.82 Å². The number of benzene rings is 21. The molecule has 0 unspecified atom stereocenters. The van der Waals surface area contributed by atoms with Gasteiger partial charge in [0.25, 0.3) is 0 Å². The summed E-state index contributed by atoms with van der Waals surface area (Å²) >= 11 is 0. The van der Waals surface area contributed by atoms with Crippen molar-refractivity contribution in [2.45, 2.75) is 57.8 Å². The summed E-state index contributed by atoms with van der Waals surface area (Å²) in [5, 5.41) is 22.8. The Morgan fingerprint density at radius 3 is 0.847 bits per heavy atom. The van der Waals surface area contributed by atoms with Crippen molar-refractivity contribution in [3.05, 3.63) is 494 Å².